The average Bonchev–Trinajstić information content (AvgIpc) is 2.41. The molecule has 1 aromatic rings. The van der Waals surface area contributed by atoms with Gasteiger partial charge in [0.25, 0.3) is 5.91 Å². The Hall–Kier alpha value is -2.49. The normalized spacial score (nSPS) is 10.5. The second-order valence-electron chi connectivity index (χ2n) is 3.60. The van der Waals surface area contributed by atoms with Gasteiger partial charge < -0.3 is 10.1 Å². The highest BCUT2D eigenvalue weighted by Crippen LogP contribution is 2.32. The highest BCUT2D eigenvalue weighted by Gasteiger charge is 2.35. The molecule has 0 radical (unpaired) electrons. The van der Waals surface area contributed by atoms with E-state index < -0.39 is 35.8 Å². The Morgan fingerprint density at radius 3 is 2.55 bits per heavy atom. The van der Waals surface area contributed by atoms with Crippen LogP contribution in [-0.4, -0.2) is 25.0 Å². The molecular weight excluding hydrogens is 275 g/mol. The number of rotatable bonds is 4. The van der Waals surface area contributed by atoms with Gasteiger partial charge in [-0.3, -0.25) is 4.79 Å². The molecule has 0 spiro atoms. The van der Waals surface area contributed by atoms with Gasteiger partial charge in [0.2, 0.25) is 0 Å². The second kappa shape index (κ2) is 6.61. The van der Waals surface area contributed by atoms with E-state index in [-0.39, 0.29) is 6.54 Å². The molecule has 0 bridgehead atoms. The summed E-state index contributed by atoms with van der Waals surface area (Å²) in [5.74, 6) is 0.204. The van der Waals surface area contributed by atoms with Crippen LogP contribution in [0, 0.1) is 12.3 Å². The number of ether oxygens (including phenoxy) is 1. The summed E-state index contributed by atoms with van der Waals surface area (Å²) in [7, 11) is 0. The number of amides is 1. The van der Waals surface area contributed by atoms with Crippen molar-refractivity contribution in [3.8, 4) is 12.3 Å². The van der Waals surface area contributed by atoms with Gasteiger partial charge in [0.05, 0.1) is 17.7 Å². The fourth-order valence-corrected chi connectivity index (χ4v) is 1.32. The fraction of sp³-hybridized carbons (Fsp3) is 0.231. The molecule has 0 atom stereocenters. The minimum Gasteiger partial charge on any atom is -0.452 e. The molecule has 0 unspecified atom stereocenters. The van der Waals surface area contributed by atoms with Crippen molar-refractivity contribution < 1.29 is 27.5 Å². The molecule has 106 valence electrons. The molecule has 0 aliphatic heterocycles. The van der Waals surface area contributed by atoms with Crippen LogP contribution >= 0.6 is 0 Å². The van der Waals surface area contributed by atoms with E-state index >= 15 is 0 Å². The lowest BCUT2D eigenvalue weighted by Crippen LogP contribution is -2.29. The molecule has 1 N–H and O–H groups in total. The van der Waals surface area contributed by atoms with E-state index in [1.165, 1.54) is 6.07 Å². The van der Waals surface area contributed by atoms with Crippen molar-refractivity contribution in [1.82, 2.24) is 5.32 Å². The zero-order valence-corrected chi connectivity index (χ0v) is 10.2. The molecule has 0 saturated heterocycles. The molecule has 4 nitrogen and oxygen atoms in total. The first-order valence-corrected chi connectivity index (χ1v) is 5.39. The van der Waals surface area contributed by atoms with Crippen LogP contribution in [0.3, 0.4) is 0 Å². The van der Waals surface area contributed by atoms with Gasteiger partial charge in [-0.1, -0.05) is 18.1 Å². The van der Waals surface area contributed by atoms with Crippen LogP contribution < -0.4 is 5.32 Å². The van der Waals surface area contributed by atoms with Gasteiger partial charge in [0.15, 0.2) is 6.61 Å². The number of halogens is 3. The number of terminal acetylenes is 1. The first-order valence-electron chi connectivity index (χ1n) is 5.39. The SMILES string of the molecule is C#CCNC(=O)COC(=O)c1ccccc1C(F)(F)F. The Balaban J connectivity index is 2.74. The van der Waals surface area contributed by atoms with Crippen molar-refractivity contribution in [2.24, 2.45) is 0 Å². The Labute approximate surface area is 112 Å². The molecule has 0 aliphatic carbocycles. The Morgan fingerprint density at radius 2 is 1.95 bits per heavy atom. The molecule has 0 aliphatic rings. The summed E-state index contributed by atoms with van der Waals surface area (Å²) in [6, 6.07) is 4.16. The van der Waals surface area contributed by atoms with Crippen molar-refractivity contribution in [2.75, 3.05) is 13.2 Å². The van der Waals surface area contributed by atoms with E-state index in [4.69, 9.17) is 6.42 Å². The second-order valence-corrected chi connectivity index (χ2v) is 3.60. The fourth-order valence-electron chi connectivity index (χ4n) is 1.32. The molecule has 20 heavy (non-hydrogen) atoms. The maximum absolute atomic E-state index is 12.7. The molecule has 0 fully saturated rings. The van der Waals surface area contributed by atoms with Gasteiger partial charge in [-0.05, 0) is 12.1 Å². The summed E-state index contributed by atoms with van der Waals surface area (Å²) < 4.78 is 42.5. The lowest BCUT2D eigenvalue weighted by molar-refractivity contribution is -0.138. The number of esters is 1. The zero-order chi connectivity index (χ0) is 15.2. The molecule has 1 amide bonds. The smallest absolute Gasteiger partial charge is 0.417 e. The summed E-state index contributed by atoms with van der Waals surface area (Å²) in [6.07, 6.45) is 0.215. The molecular formula is C13H10F3NO3. The van der Waals surface area contributed by atoms with Crippen LogP contribution in [0.4, 0.5) is 13.2 Å². The van der Waals surface area contributed by atoms with Gasteiger partial charge in [0.1, 0.15) is 0 Å². The maximum atomic E-state index is 12.7. The molecule has 0 saturated carbocycles. The standard InChI is InChI=1S/C13H10F3NO3/c1-2-7-17-11(18)8-20-12(19)9-5-3-4-6-10(9)13(14,15)16/h1,3-6H,7-8H2,(H,17,18). The van der Waals surface area contributed by atoms with E-state index in [1.54, 1.807) is 0 Å². The summed E-state index contributed by atoms with van der Waals surface area (Å²) in [4.78, 5) is 22.7. The Kier molecular flexibility index (Phi) is 5.15. The van der Waals surface area contributed by atoms with Crippen molar-refractivity contribution >= 4 is 11.9 Å². The first-order chi connectivity index (χ1) is 9.36. The number of carbonyl (C=O) groups excluding carboxylic acids is 2. The monoisotopic (exact) mass is 285 g/mol. The number of benzene rings is 1. The van der Waals surface area contributed by atoms with Gasteiger partial charge >= 0.3 is 12.1 Å². The summed E-state index contributed by atoms with van der Waals surface area (Å²) in [6.45, 7) is -0.762. The van der Waals surface area contributed by atoms with E-state index in [1.807, 2.05) is 0 Å². The third-order valence-electron chi connectivity index (χ3n) is 2.17. The number of alkyl halides is 3. The van der Waals surface area contributed by atoms with Crippen LogP contribution in [0.15, 0.2) is 24.3 Å². The maximum Gasteiger partial charge on any atom is 0.417 e. The third-order valence-corrected chi connectivity index (χ3v) is 2.17. The lowest BCUT2D eigenvalue weighted by Gasteiger charge is -2.11. The van der Waals surface area contributed by atoms with Crippen LogP contribution in [-0.2, 0) is 15.7 Å². The number of carbonyl (C=O) groups is 2. The molecule has 1 aromatic carbocycles. The van der Waals surface area contributed by atoms with Crippen molar-refractivity contribution in [3.05, 3.63) is 35.4 Å². The van der Waals surface area contributed by atoms with Gasteiger partial charge in [-0.2, -0.15) is 13.2 Å². The van der Waals surface area contributed by atoms with E-state index in [0.29, 0.717) is 0 Å². The van der Waals surface area contributed by atoms with Gasteiger partial charge in [-0.25, -0.2) is 4.79 Å². The predicted molar refractivity (Wildman–Crippen MR) is 63.6 cm³/mol. The highest BCUT2D eigenvalue weighted by atomic mass is 19.4. The Morgan fingerprint density at radius 1 is 1.30 bits per heavy atom. The highest BCUT2D eigenvalue weighted by molar-refractivity contribution is 5.93. The number of hydrogen-bond donors (Lipinski definition) is 1. The van der Waals surface area contributed by atoms with Crippen LogP contribution in [0.25, 0.3) is 0 Å². The van der Waals surface area contributed by atoms with Crippen LogP contribution in [0.1, 0.15) is 15.9 Å². The largest absolute Gasteiger partial charge is 0.452 e. The predicted octanol–water partition coefficient (Wildman–Crippen LogP) is 1.61. The summed E-state index contributed by atoms with van der Waals surface area (Å²) in [5.41, 5.74) is -1.77. The van der Waals surface area contributed by atoms with Crippen molar-refractivity contribution in [2.45, 2.75) is 6.18 Å². The van der Waals surface area contributed by atoms with Crippen molar-refractivity contribution in [3.63, 3.8) is 0 Å². The lowest BCUT2D eigenvalue weighted by atomic mass is 10.1. The van der Waals surface area contributed by atoms with E-state index in [0.717, 1.165) is 18.2 Å². The van der Waals surface area contributed by atoms with E-state index in [2.05, 4.69) is 16.0 Å². The molecule has 0 aromatic heterocycles. The first kappa shape index (κ1) is 15.6. The zero-order valence-electron chi connectivity index (χ0n) is 10.2. The van der Waals surface area contributed by atoms with Crippen molar-refractivity contribution in [1.29, 1.82) is 0 Å². The van der Waals surface area contributed by atoms with Gasteiger partial charge in [0, 0.05) is 0 Å². The summed E-state index contributed by atoms with van der Waals surface area (Å²) in [5, 5.41) is 2.21. The Bertz CT molecular complexity index is 547. The van der Waals surface area contributed by atoms with E-state index in [9.17, 15) is 22.8 Å². The summed E-state index contributed by atoms with van der Waals surface area (Å²) >= 11 is 0. The molecule has 7 heteroatoms. The van der Waals surface area contributed by atoms with Gasteiger partial charge in [-0.15, -0.1) is 6.42 Å². The topological polar surface area (TPSA) is 55.4 Å². The average molecular weight is 285 g/mol. The molecule has 0 heterocycles. The third kappa shape index (κ3) is 4.31. The quantitative estimate of drug-likeness (QED) is 0.675. The number of nitrogens with one attached hydrogen (secondary N) is 1. The minimum atomic E-state index is -4.68. The molecule has 1 rings (SSSR count). The minimum absolute atomic E-state index is 0.0600. The van der Waals surface area contributed by atoms with Crippen LogP contribution in [0.2, 0.25) is 0 Å². The number of hydrogen-bond acceptors (Lipinski definition) is 3. The van der Waals surface area contributed by atoms with Crippen LogP contribution in [0.5, 0.6) is 0 Å².